The Morgan fingerprint density at radius 2 is 1.88 bits per heavy atom. The molecule has 8 heteroatoms. The Morgan fingerprint density at radius 1 is 1.17 bits per heavy atom. The van der Waals surface area contributed by atoms with Gasteiger partial charge in [0.2, 0.25) is 5.82 Å². The van der Waals surface area contributed by atoms with E-state index in [-0.39, 0.29) is 23.4 Å². The first kappa shape index (κ1) is 16.6. The van der Waals surface area contributed by atoms with Crippen molar-refractivity contribution in [2.45, 2.75) is 38.1 Å². The topological polar surface area (TPSA) is 90.2 Å². The second-order valence-electron chi connectivity index (χ2n) is 5.67. The van der Waals surface area contributed by atoms with Crippen LogP contribution in [0.5, 0.6) is 11.6 Å². The van der Waals surface area contributed by atoms with Crippen molar-refractivity contribution in [3.05, 3.63) is 45.2 Å². The lowest BCUT2D eigenvalue weighted by molar-refractivity contribution is -0.385. The fraction of sp³-hybridized carbons (Fsp3) is 0.375. The Hall–Kier alpha value is -2.22. The van der Waals surface area contributed by atoms with Crippen molar-refractivity contribution in [3.63, 3.8) is 0 Å². The molecule has 1 aromatic carbocycles. The van der Waals surface area contributed by atoms with E-state index in [9.17, 15) is 10.1 Å². The molecule has 3 rings (SSSR count). The van der Waals surface area contributed by atoms with Crippen molar-refractivity contribution in [3.8, 4) is 11.6 Å². The molecule has 1 aliphatic rings. The number of benzene rings is 1. The zero-order chi connectivity index (χ0) is 16.9. The number of anilines is 1. The molecule has 0 spiro atoms. The highest BCUT2D eigenvalue weighted by atomic mass is 79.9. The van der Waals surface area contributed by atoms with Gasteiger partial charge in [-0.05, 0) is 37.1 Å². The molecule has 1 fully saturated rings. The molecule has 0 radical (unpaired) electrons. The molecule has 0 aliphatic heterocycles. The summed E-state index contributed by atoms with van der Waals surface area (Å²) in [5, 5.41) is 14.7. The molecule has 1 aromatic heterocycles. The number of nitro groups is 1. The molecule has 1 heterocycles. The third kappa shape index (κ3) is 4.00. The summed E-state index contributed by atoms with van der Waals surface area (Å²) in [6.45, 7) is 0. The van der Waals surface area contributed by atoms with E-state index < -0.39 is 4.92 Å². The normalized spacial score (nSPS) is 15.0. The van der Waals surface area contributed by atoms with Crippen LogP contribution in [0.15, 0.2) is 35.1 Å². The highest BCUT2D eigenvalue weighted by Gasteiger charge is 2.27. The van der Waals surface area contributed by atoms with Crippen molar-refractivity contribution in [1.82, 2.24) is 9.97 Å². The highest BCUT2D eigenvalue weighted by molar-refractivity contribution is 9.10. The second kappa shape index (κ2) is 7.57. The van der Waals surface area contributed by atoms with Gasteiger partial charge in [0.25, 0.3) is 0 Å². The van der Waals surface area contributed by atoms with Gasteiger partial charge in [-0.25, -0.2) is 4.98 Å². The largest absolute Gasteiger partial charge is 0.434 e. The van der Waals surface area contributed by atoms with Crippen LogP contribution >= 0.6 is 15.9 Å². The van der Waals surface area contributed by atoms with Gasteiger partial charge in [0.05, 0.1) is 4.92 Å². The summed E-state index contributed by atoms with van der Waals surface area (Å²) in [5.74, 6) is 0.633. The second-order valence-corrected chi connectivity index (χ2v) is 6.58. The Kier molecular flexibility index (Phi) is 5.24. The Balaban J connectivity index is 1.86. The highest BCUT2D eigenvalue weighted by Crippen LogP contribution is 2.35. The number of nitrogens with zero attached hydrogens (tertiary/aromatic N) is 3. The summed E-state index contributed by atoms with van der Waals surface area (Å²) in [6.07, 6.45) is 6.72. The zero-order valence-corrected chi connectivity index (χ0v) is 14.5. The van der Waals surface area contributed by atoms with Gasteiger partial charge in [-0.3, -0.25) is 10.1 Å². The minimum atomic E-state index is -0.501. The SMILES string of the molecule is O=[N+]([O-])c1c(NC2CCCCC2)ncnc1Oc1ccc(Br)cc1. The zero-order valence-electron chi connectivity index (χ0n) is 12.9. The quantitative estimate of drug-likeness (QED) is 0.586. The van der Waals surface area contributed by atoms with Crippen molar-refractivity contribution in [2.75, 3.05) is 5.32 Å². The van der Waals surface area contributed by atoms with E-state index in [1.165, 1.54) is 12.7 Å². The van der Waals surface area contributed by atoms with E-state index in [4.69, 9.17) is 4.74 Å². The smallest absolute Gasteiger partial charge is 0.373 e. The molecule has 1 saturated carbocycles. The van der Waals surface area contributed by atoms with Crippen LogP contribution in [0, 0.1) is 10.1 Å². The minimum absolute atomic E-state index is 0.0596. The number of hydrogen-bond acceptors (Lipinski definition) is 6. The number of aromatic nitrogens is 2. The van der Waals surface area contributed by atoms with Crippen LogP contribution in [0.25, 0.3) is 0 Å². The van der Waals surface area contributed by atoms with E-state index in [0.717, 1.165) is 30.2 Å². The molecule has 0 unspecified atom stereocenters. The van der Waals surface area contributed by atoms with Gasteiger partial charge >= 0.3 is 11.6 Å². The monoisotopic (exact) mass is 392 g/mol. The van der Waals surface area contributed by atoms with Crippen LogP contribution in [-0.4, -0.2) is 20.9 Å². The summed E-state index contributed by atoms with van der Waals surface area (Å²) in [7, 11) is 0. The van der Waals surface area contributed by atoms with Crippen LogP contribution in [-0.2, 0) is 0 Å². The van der Waals surface area contributed by atoms with E-state index in [2.05, 4.69) is 31.2 Å². The first-order valence-electron chi connectivity index (χ1n) is 7.83. The number of ether oxygens (including phenoxy) is 1. The molecule has 7 nitrogen and oxygen atoms in total. The average Bonchev–Trinajstić information content (AvgIpc) is 2.58. The molecule has 2 aromatic rings. The van der Waals surface area contributed by atoms with Gasteiger partial charge in [-0.15, -0.1) is 0 Å². The van der Waals surface area contributed by atoms with Crippen LogP contribution < -0.4 is 10.1 Å². The van der Waals surface area contributed by atoms with Crippen LogP contribution in [0.1, 0.15) is 32.1 Å². The van der Waals surface area contributed by atoms with Crippen molar-refractivity contribution >= 4 is 27.4 Å². The van der Waals surface area contributed by atoms with E-state index in [1.807, 2.05) is 0 Å². The molecule has 0 atom stereocenters. The summed E-state index contributed by atoms with van der Waals surface area (Å²) in [4.78, 5) is 19.0. The van der Waals surface area contributed by atoms with Gasteiger partial charge in [0, 0.05) is 10.5 Å². The van der Waals surface area contributed by atoms with Crippen LogP contribution in [0.3, 0.4) is 0 Å². The molecule has 0 saturated heterocycles. The molecule has 0 amide bonds. The molecular weight excluding hydrogens is 376 g/mol. The summed E-state index contributed by atoms with van der Waals surface area (Å²) >= 11 is 3.34. The first-order valence-corrected chi connectivity index (χ1v) is 8.62. The number of hydrogen-bond donors (Lipinski definition) is 1. The van der Waals surface area contributed by atoms with Crippen molar-refractivity contribution < 1.29 is 9.66 Å². The average molecular weight is 393 g/mol. The Morgan fingerprint density at radius 3 is 2.54 bits per heavy atom. The maximum atomic E-state index is 11.5. The van der Waals surface area contributed by atoms with Crippen LogP contribution in [0.4, 0.5) is 11.5 Å². The Labute approximate surface area is 147 Å². The van der Waals surface area contributed by atoms with Crippen molar-refractivity contribution in [1.29, 1.82) is 0 Å². The molecule has 126 valence electrons. The predicted molar refractivity (Wildman–Crippen MR) is 93.4 cm³/mol. The standard InChI is InChI=1S/C16H17BrN4O3/c17-11-6-8-13(9-7-11)24-16-14(21(22)23)15(18-10-19-16)20-12-4-2-1-3-5-12/h6-10,12H,1-5H2,(H,18,19,20). The summed E-state index contributed by atoms with van der Waals surface area (Å²) in [5.41, 5.74) is -0.231. The lowest BCUT2D eigenvalue weighted by Gasteiger charge is -2.23. The van der Waals surface area contributed by atoms with Gasteiger partial charge in [-0.1, -0.05) is 35.2 Å². The molecule has 0 bridgehead atoms. The van der Waals surface area contributed by atoms with E-state index in [0.29, 0.717) is 5.75 Å². The first-order chi connectivity index (χ1) is 11.6. The van der Waals surface area contributed by atoms with E-state index >= 15 is 0 Å². The summed E-state index contributed by atoms with van der Waals surface area (Å²) in [6, 6.07) is 7.22. The van der Waals surface area contributed by atoms with Gasteiger partial charge < -0.3 is 10.1 Å². The molecule has 24 heavy (non-hydrogen) atoms. The minimum Gasteiger partial charge on any atom is -0.434 e. The molecular formula is C16H17BrN4O3. The number of halogens is 1. The van der Waals surface area contributed by atoms with Crippen LogP contribution in [0.2, 0.25) is 0 Å². The summed E-state index contributed by atoms with van der Waals surface area (Å²) < 4.78 is 6.50. The number of rotatable bonds is 5. The van der Waals surface area contributed by atoms with Gasteiger partial charge in [0.1, 0.15) is 12.1 Å². The predicted octanol–water partition coefficient (Wildman–Crippen LogP) is 4.68. The maximum Gasteiger partial charge on any atom is 0.373 e. The fourth-order valence-corrected chi connectivity index (χ4v) is 3.03. The molecule has 1 aliphatic carbocycles. The molecule has 1 N–H and O–H groups in total. The van der Waals surface area contributed by atoms with Crippen molar-refractivity contribution in [2.24, 2.45) is 0 Å². The number of nitrogens with one attached hydrogen (secondary N) is 1. The fourth-order valence-electron chi connectivity index (χ4n) is 2.76. The Bertz CT molecular complexity index is 718. The maximum absolute atomic E-state index is 11.5. The third-order valence-corrected chi connectivity index (χ3v) is 4.47. The van der Waals surface area contributed by atoms with E-state index in [1.54, 1.807) is 24.3 Å². The third-order valence-electron chi connectivity index (χ3n) is 3.95. The lowest BCUT2D eigenvalue weighted by Crippen LogP contribution is -2.23. The van der Waals surface area contributed by atoms with Gasteiger partial charge in [-0.2, -0.15) is 4.98 Å². The van der Waals surface area contributed by atoms with Gasteiger partial charge in [0.15, 0.2) is 0 Å². The lowest BCUT2D eigenvalue weighted by atomic mass is 9.95.